The van der Waals surface area contributed by atoms with E-state index in [0.717, 1.165) is 12.1 Å². The summed E-state index contributed by atoms with van der Waals surface area (Å²) in [6, 6.07) is 3.42. The standard InChI is InChI=1S/C14H16F3N3O/c1-3-8(2)12(19)13(21)20-11-5-4-10(14(15,16)17)6-9(11)7-18/h4-6,8,12H,3,19H2,1-2H3,(H,20,21)/t8?,12-/m0/s1. The van der Waals surface area contributed by atoms with Crippen molar-refractivity contribution >= 4 is 11.6 Å². The zero-order valence-corrected chi connectivity index (χ0v) is 11.7. The van der Waals surface area contributed by atoms with Crippen LogP contribution in [0.5, 0.6) is 0 Å². The van der Waals surface area contributed by atoms with Crippen LogP contribution in [0.3, 0.4) is 0 Å². The Hall–Kier alpha value is -2.07. The van der Waals surface area contributed by atoms with Gasteiger partial charge in [0.05, 0.1) is 22.9 Å². The second-order valence-corrected chi connectivity index (χ2v) is 4.77. The van der Waals surface area contributed by atoms with E-state index in [1.807, 2.05) is 6.92 Å². The first-order valence-electron chi connectivity index (χ1n) is 6.38. The number of nitrogens with two attached hydrogens (primary N) is 1. The number of halogens is 3. The maximum absolute atomic E-state index is 12.6. The Balaban J connectivity index is 3.00. The third-order valence-electron chi connectivity index (χ3n) is 3.28. The molecule has 0 spiro atoms. The second-order valence-electron chi connectivity index (χ2n) is 4.77. The van der Waals surface area contributed by atoms with Crippen molar-refractivity contribution in [3.05, 3.63) is 29.3 Å². The number of carbonyl (C=O) groups is 1. The largest absolute Gasteiger partial charge is 0.416 e. The molecule has 1 rings (SSSR count). The smallest absolute Gasteiger partial charge is 0.324 e. The number of anilines is 1. The first-order valence-corrected chi connectivity index (χ1v) is 6.38. The molecule has 3 N–H and O–H groups in total. The summed E-state index contributed by atoms with van der Waals surface area (Å²) in [5.74, 6) is -0.606. The van der Waals surface area contributed by atoms with E-state index in [-0.39, 0.29) is 17.2 Å². The van der Waals surface area contributed by atoms with Crippen LogP contribution >= 0.6 is 0 Å². The molecular formula is C14H16F3N3O. The van der Waals surface area contributed by atoms with Crippen LogP contribution in [0.15, 0.2) is 18.2 Å². The van der Waals surface area contributed by atoms with E-state index in [2.05, 4.69) is 5.32 Å². The molecule has 0 radical (unpaired) electrons. The van der Waals surface area contributed by atoms with Gasteiger partial charge in [-0.3, -0.25) is 4.79 Å². The van der Waals surface area contributed by atoms with Crippen molar-refractivity contribution in [2.45, 2.75) is 32.5 Å². The summed E-state index contributed by atoms with van der Waals surface area (Å²) in [5, 5.41) is 11.3. The molecule has 0 aliphatic rings. The molecule has 0 aliphatic heterocycles. The summed E-state index contributed by atoms with van der Waals surface area (Å²) in [6.07, 6.45) is -3.85. The van der Waals surface area contributed by atoms with E-state index in [1.165, 1.54) is 0 Å². The monoisotopic (exact) mass is 299 g/mol. The number of nitrogens with zero attached hydrogens (tertiary/aromatic N) is 1. The van der Waals surface area contributed by atoms with E-state index in [4.69, 9.17) is 11.0 Å². The Bertz CT molecular complexity index is 564. The minimum Gasteiger partial charge on any atom is -0.324 e. The fourth-order valence-electron chi connectivity index (χ4n) is 1.65. The number of rotatable bonds is 4. The summed E-state index contributed by atoms with van der Waals surface area (Å²) in [4.78, 5) is 11.9. The quantitative estimate of drug-likeness (QED) is 0.897. The predicted molar refractivity (Wildman–Crippen MR) is 72.2 cm³/mol. The number of amides is 1. The number of nitriles is 1. The first-order chi connectivity index (χ1) is 9.70. The Labute approximate surface area is 120 Å². The third-order valence-corrected chi connectivity index (χ3v) is 3.28. The molecule has 0 aromatic heterocycles. The average Bonchev–Trinajstić information content (AvgIpc) is 2.44. The number of benzene rings is 1. The highest BCUT2D eigenvalue weighted by Gasteiger charge is 2.31. The summed E-state index contributed by atoms with van der Waals surface area (Å²) >= 11 is 0. The van der Waals surface area contributed by atoms with Gasteiger partial charge in [-0.05, 0) is 24.1 Å². The van der Waals surface area contributed by atoms with Gasteiger partial charge in [0.15, 0.2) is 0 Å². The van der Waals surface area contributed by atoms with Crippen LogP contribution in [-0.2, 0) is 11.0 Å². The van der Waals surface area contributed by atoms with Gasteiger partial charge in [-0.15, -0.1) is 0 Å². The summed E-state index contributed by atoms with van der Waals surface area (Å²) in [6.45, 7) is 3.67. The van der Waals surface area contributed by atoms with E-state index in [0.29, 0.717) is 12.5 Å². The molecule has 1 unspecified atom stereocenters. The summed E-state index contributed by atoms with van der Waals surface area (Å²) < 4.78 is 37.7. The van der Waals surface area contributed by atoms with Crippen molar-refractivity contribution < 1.29 is 18.0 Å². The van der Waals surface area contributed by atoms with E-state index < -0.39 is 23.7 Å². The number of carbonyl (C=O) groups excluding carboxylic acids is 1. The van der Waals surface area contributed by atoms with Crippen LogP contribution in [0, 0.1) is 17.2 Å². The molecule has 0 bridgehead atoms. The predicted octanol–water partition coefficient (Wildman–Crippen LogP) is 2.89. The number of alkyl halides is 3. The maximum atomic E-state index is 12.6. The molecule has 2 atom stereocenters. The van der Waals surface area contributed by atoms with Crippen molar-refractivity contribution in [1.29, 1.82) is 5.26 Å². The van der Waals surface area contributed by atoms with Gasteiger partial charge in [-0.25, -0.2) is 0 Å². The van der Waals surface area contributed by atoms with E-state index in [1.54, 1.807) is 13.0 Å². The van der Waals surface area contributed by atoms with Gasteiger partial charge in [0.1, 0.15) is 6.07 Å². The lowest BCUT2D eigenvalue weighted by molar-refractivity contribution is -0.137. The highest BCUT2D eigenvalue weighted by atomic mass is 19.4. The molecule has 0 fully saturated rings. The Morgan fingerprint density at radius 3 is 2.57 bits per heavy atom. The summed E-state index contributed by atoms with van der Waals surface area (Å²) in [7, 11) is 0. The number of nitrogens with one attached hydrogen (secondary N) is 1. The second kappa shape index (κ2) is 6.59. The molecule has 21 heavy (non-hydrogen) atoms. The fourth-order valence-corrected chi connectivity index (χ4v) is 1.65. The molecule has 0 aliphatic carbocycles. The number of hydrogen-bond acceptors (Lipinski definition) is 3. The lowest BCUT2D eigenvalue weighted by Gasteiger charge is -2.18. The average molecular weight is 299 g/mol. The Kier molecular flexibility index (Phi) is 5.33. The molecule has 114 valence electrons. The molecule has 7 heteroatoms. The summed E-state index contributed by atoms with van der Waals surface area (Å²) in [5.41, 5.74) is 4.56. The van der Waals surface area contributed by atoms with Gasteiger partial charge >= 0.3 is 6.18 Å². The minimum atomic E-state index is -4.54. The molecule has 0 heterocycles. The van der Waals surface area contributed by atoms with Crippen LogP contribution in [0.1, 0.15) is 31.4 Å². The van der Waals surface area contributed by atoms with Gasteiger partial charge in [0, 0.05) is 0 Å². The maximum Gasteiger partial charge on any atom is 0.416 e. The van der Waals surface area contributed by atoms with Crippen LogP contribution in [-0.4, -0.2) is 11.9 Å². The van der Waals surface area contributed by atoms with Gasteiger partial charge < -0.3 is 11.1 Å². The topological polar surface area (TPSA) is 78.9 Å². The molecule has 0 saturated heterocycles. The van der Waals surface area contributed by atoms with E-state index in [9.17, 15) is 18.0 Å². The van der Waals surface area contributed by atoms with Crippen molar-refractivity contribution in [3.63, 3.8) is 0 Å². The van der Waals surface area contributed by atoms with E-state index >= 15 is 0 Å². The van der Waals surface area contributed by atoms with Gasteiger partial charge in [0.2, 0.25) is 5.91 Å². The normalized spacial score (nSPS) is 14.1. The van der Waals surface area contributed by atoms with Crippen LogP contribution in [0.4, 0.5) is 18.9 Å². The lowest BCUT2D eigenvalue weighted by Crippen LogP contribution is -2.40. The van der Waals surface area contributed by atoms with Crippen molar-refractivity contribution in [3.8, 4) is 6.07 Å². The Morgan fingerprint density at radius 1 is 1.48 bits per heavy atom. The van der Waals surface area contributed by atoms with Crippen LogP contribution in [0.2, 0.25) is 0 Å². The Morgan fingerprint density at radius 2 is 2.10 bits per heavy atom. The minimum absolute atomic E-state index is 0.0225. The molecule has 1 aromatic rings. The van der Waals surface area contributed by atoms with Crippen molar-refractivity contribution in [1.82, 2.24) is 0 Å². The van der Waals surface area contributed by atoms with Crippen molar-refractivity contribution in [2.24, 2.45) is 11.7 Å². The van der Waals surface area contributed by atoms with Gasteiger partial charge in [-0.1, -0.05) is 20.3 Å². The number of hydrogen-bond donors (Lipinski definition) is 2. The van der Waals surface area contributed by atoms with Crippen molar-refractivity contribution in [2.75, 3.05) is 5.32 Å². The van der Waals surface area contributed by atoms with Crippen LogP contribution < -0.4 is 11.1 Å². The molecule has 4 nitrogen and oxygen atoms in total. The van der Waals surface area contributed by atoms with Crippen LogP contribution in [0.25, 0.3) is 0 Å². The third kappa shape index (κ3) is 4.20. The zero-order chi connectivity index (χ0) is 16.2. The fraction of sp³-hybridized carbons (Fsp3) is 0.429. The molecule has 1 amide bonds. The van der Waals surface area contributed by atoms with Gasteiger partial charge in [-0.2, -0.15) is 18.4 Å². The lowest BCUT2D eigenvalue weighted by atomic mass is 9.99. The molecule has 0 saturated carbocycles. The zero-order valence-electron chi connectivity index (χ0n) is 11.7. The first kappa shape index (κ1) is 17.0. The SMILES string of the molecule is CCC(C)[C@H](N)C(=O)Nc1ccc(C(F)(F)F)cc1C#N. The highest BCUT2D eigenvalue weighted by Crippen LogP contribution is 2.31. The molecular weight excluding hydrogens is 283 g/mol. The molecule has 1 aromatic carbocycles. The van der Waals surface area contributed by atoms with Gasteiger partial charge in [0.25, 0.3) is 0 Å². The highest BCUT2D eigenvalue weighted by molar-refractivity contribution is 5.96.